The minimum Gasteiger partial charge on any atom is -0.372 e. The molecule has 9 heteroatoms. The molecule has 0 unspecified atom stereocenters. The van der Waals surface area contributed by atoms with E-state index in [-0.39, 0.29) is 17.4 Å². The monoisotopic (exact) mass is 445 g/mol. The number of aromatic nitrogens is 3. The zero-order chi connectivity index (χ0) is 23.5. The van der Waals surface area contributed by atoms with Crippen molar-refractivity contribution in [2.45, 2.75) is 44.2 Å². The van der Waals surface area contributed by atoms with Crippen LogP contribution in [-0.4, -0.2) is 38.7 Å². The highest BCUT2D eigenvalue weighted by Crippen LogP contribution is 2.52. The van der Waals surface area contributed by atoms with E-state index < -0.39 is 17.4 Å². The van der Waals surface area contributed by atoms with Crippen LogP contribution in [0.3, 0.4) is 0 Å². The summed E-state index contributed by atoms with van der Waals surface area (Å²) in [6, 6.07) is 7.49. The van der Waals surface area contributed by atoms with Gasteiger partial charge in [0.1, 0.15) is 23.0 Å². The van der Waals surface area contributed by atoms with Crippen molar-refractivity contribution in [3.63, 3.8) is 0 Å². The van der Waals surface area contributed by atoms with Gasteiger partial charge in [-0.1, -0.05) is 23.1 Å². The fourth-order valence-corrected chi connectivity index (χ4v) is 4.58. The van der Waals surface area contributed by atoms with Gasteiger partial charge in [0.25, 0.3) is 11.8 Å². The second-order valence-corrected chi connectivity index (χ2v) is 8.72. The fourth-order valence-electron chi connectivity index (χ4n) is 4.58. The average molecular weight is 445 g/mol. The molecule has 1 aliphatic carbocycles. The summed E-state index contributed by atoms with van der Waals surface area (Å²) < 4.78 is 6.89. The van der Waals surface area contributed by atoms with Crippen LogP contribution >= 0.6 is 0 Å². The van der Waals surface area contributed by atoms with Gasteiger partial charge in [-0.05, 0) is 50.3 Å². The highest BCUT2D eigenvalue weighted by Gasteiger charge is 2.42. The Morgan fingerprint density at radius 3 is 2.73 bits per heavy atom. The number of carbonyl (C=O) groups excluding carboxylic acids is 2. The molecule has 4 N–H and O–H groups in total. The standard InChI is InChI=1S/C24H23N5O4/c1-12-8-18(28-33-12)24(2,32)7-6-13-4-5-16-14-10-15(11-14)29-20(23(31)26-3)19(21(25)30)27-22(29)17(16)9-13/h4-5,8-9,14-15,32H,10-11H2,1-3H3,(H2,25,30)(H,26,31)/t14?,15?,24-/m1/s1. The van der Waals surface area contributed by atoms with Crippen molar-refractivity contribution in [1.29, 1.82) is 0 Å². The maximum atomic E-state index is 12.6. The summed E-state index contributed by atoms with van der Waals surface area (Å²) in [5, 5.41) is 17.2. The molecule has 3 aromatic rings. The number of primary amides is 1. The number of aryl methyl sites for hydroxylation is 1. The van der Waals surface area contributed by atoms with Crippen molar-refractivity contribution in [2.24, 2.45) is 5.73 Å². The van der Waals surface area contributed by atoms with Gasteiger partial charge in [-0.2, -0.15) is 0 Å². The molecule has 9 nitrogen and oxygen atoms in total. The smallest absolute Gasteiger partial charge is 0.270 e. The lowest BCUT2D eigenvalue weighted by Crippen LogP contribution is -2.30. The van der Waals surface area contributed by atoms with E-state index in [2.05, 4.69) is 27.3 Å². The largest absolute Gasteiger partial charge is 0.372 e. The SMILES string of the molecule is CNC(=O)c1c(C(N)=O)nc2n1C1CC(C1)c1ccc(C#C[C@@](C)(O)c3cc(C)on3)cc1-2. The molecule has 1 aromatic carbocycles. The van der Waals surface area contributed by atoms with E-state index >= 15 is 0 Å². The van der Waals surface area contributed by atoms with Gasteiger partial charge in [-0.3, -0.25) is 9.59 Å². The van der Waals surface area contributed by atoms with Gasteiger partial charge >= 0.3 is 0 Å². The summed E-state index contributed by atoms with van der Waals surface area (Å²) in [5.74, 6) is 6.17. The third-order valence-electron chi connectivity index (χ3n) is 6.38. The van der Waals surface area contributed by atoms with Gasteiger partial charge < -0.3 is 25.2 Å². The minimum atomic E-state index is -1.49. The Bertz CT molecular complexity index is 1370. The summed E-state index contributed by atoms with van der Waals surface area (Å²) in [5.41, 5.74) is 7.12. The number of carbonyl (C=O) groups is 2. The number of hydrogen-bond acceptors (Lipinski definition) is 6. The van der Waals surface area contributed by atoms with Crippen LogP contribution in [0.15, 0.2) is 28.8 Å². The summed E-state index contributed by atoms with van der Waals surface area (Å²) in [7, 11) is 1.51. The quantitative estimate of drug-likeness (QED) is 0.528. The van der Waals surface area contributed by atoms with E-state index in [9.17, 15) is 14.7 Å². The van der Waals surface area contributed by atoms with Crippen LogP contribution in [0, 0.1) is 18.8 Å². The number of imidazole rings is 1. The number of nitrogens with zero attached hydrogens (tertiary/aromatic N) is 3. The molecule has 1 saturated carbocycles. The van der Waals surface area contributed by atoms with E-state index in [4.69, 9.17) is 10.3 Å². The summed E-state index contributed by atoms with van der Waals surface area (Å²) >= 11 is 0. The third-order valence-corrected chi connectivity index (χ3v) is 6.38. The number of amides is 2. The number of hydrogen-bond donors (Lipinski definition) is 3. The van der Waals surface area contributed by atoms with Gasteiger partial charge in [0.2, 0.25) is 0 Å². The topological polar surface area (TPSA) is 136 Å². The van der Waals surface area contributed by atoms with Crippen molar-refractivity contribution in [3.8, 4) is 23.2 Å². The number of benzene rings is 1. The molecule has 3 aliphatic rings. The molecule has 1 atom stereocenters. The van der Waals surface area contributed by atoms with Crippen LogP contribution in [0.25, 0.3) is 11.4 Å². The third kappa shape index (κ3) is 3.31. The van der Waals surface area contributed by atoms with Crippen molar-refractivity contribution in [1.82, 2.24) is 20.0 Å². The predicted octanol–water partition coefficient (Wildman–Crippen LogP) is 2.00. The second-order valence-electron chi connectivity index (χ2n) is 8.72. The fraction of sp³-hybridized carbons (Fsp3) is 0.333. The summed E-state index contributed by atoms with van der Waals surface area (Å²) in [4.78, 5) is 29.2. The Kier molecular flexibility index (Phi) is 4.65. The maximum Gasteiger partial charge on any atom is 0.270 e. The molecule has 2 bridgehead atoms. The molecule has 0 radical (unpaired) electrons. The van der Waals surface area contributed by atoms with Crippen LogP contribution in [0.4, 0.5) is 0 Å². The van der Waals surface area contributed by atoms with E-state index in [0.29, 0.717) is 28.8 Å². The molecule has 1 fully saturated rings. The van der Waals surface area contributed by atoms with Crippen LogP contribution in [0.1, 0.15) is 75.3 Å². The highest BCUT2D eigenvalue weighted by atomic mass is 16.5. The van der Waals surface area contributed by atoms with E-state index in [1.807, 2.05) is 22.8 Å². The lowest BCUT2D eigenvalue weighted by atomic mass is 9.75. The molecule has 2 amide bonds. The van der Waals surface area contributed by atoms with Crippen LogP contribution in [-0.2, 0) is 5.60 Å². The molecule has 2 aromatic heterocycles. The molecule has 6 rings (SSSR count). The molecule has 0 saturated heterocycles. The van der Waals surface area contributed by atoms with Crippen molar-refractivity contribution in [3.05, 3.63) is 58.2 Å². The van der Waals surface area contributed by atoms with Crippen LogP contribution in [0.2, 0.25) is 0 Å². The Labute approximate surface area is 190 Å². The van der Waals surface area contributed by atoms with Crippen molar-refractivity contribution < 1.29 is 19.2 Å². The van der Waals surface area contributed by atoms with Crippen LogP contribution in [0.5, 0.6) is 0 Å². The Morgan fingerprint density at radius 1 is 1.33 bits per heavy atom. The first-order valence-corrected chi connectivity index (χ1v) is 10.7. The average Bonchev–Trinajstić information content (AvgIpc) is 3.30. The Balaban J connectivity index is 1.63. The maximum absolute atomic E-state index is 12.6. The Hall–Kier alpha value is -3.90. The number of rotatable bonds is 3. The summed E-state index contributed by atoms with van der Waals surface area (Å²) in [6.07, 6.45) is 1.70. The first kappa shape index (κ1) is 21.0. The molecular weight excluding hydrogens is 422 g/mol. The predicted molar refractivity (Wildman–Crippen MR) is 118 cm³/mol. The van der Waals surface area contributed by atoms with Gasteiger partial charge in [-0.25, -0.2) is 4.98 Å². The van der Waals surface area contributed by atoms with Gasteiger partial charge in [-0.15, -0.1) is 0 Å². The second kappa shape index (κ2) is 7.32. The normalized spacial score (nSPS) is 19.6. The van der Waals surface area contributed by atoms with Crippen molar-refractivity contribution in [2.75, 3.05) is 7.05 Å². The lowest BCUT2D eigenvalue weighted by molar-refractivity contribution is 0.0928. The molecule has 168 valence electrons. The van der Waals surface area contributed by atoms with Crippen LogP contribution < -0.4 is 11.1 Å². The van der Waals surface area contributed by atoms with E-state index in [0.717, 1.165) is 24.0 Å². The zero-order valence-electron chi connectivity index (χ0n) is 18.5. The Morgan fingerprint density at radius 2 is 2.09 bits per heavy atom. The van der Waals surface area contributed by atoms with Gasteiger partial charge in [0, 0.05) is 30.3 Å². The lowest BCUT2D eigenvalue weighted by Gasteiger charge is -2.35. The molecule has 0 spiro atoms. The van der Waals surface area contributed by atoms with Crippen molar-refractivity contribution >= 4 is 11.8 Å². The first-order chi connectivity index (χ1) is 15.7. The van der Waals surface area contributed by atoms with Gasteiger partial charge in [0.15, 0.2) is 11.3 Å². The minimum absolute atomic E-state index is 0.0403. The van der Waals surface area contributed by atoms with E-state index in [1.165, 1.54) is 7.05 Å². The first-order valence-electron chi connectivity index (χ1n) is 10.7. The van der Waals surface area contributed by atoms with Gasteiger partial charge in [0.05, 0.1) is 0 Å². The molecule has 2 aliphatic heterocycles. The molecular formula is C24H23N5O4. The summed E-state index contributed by atoms with van der Waals surface area (Å²) in [6.45, 7) is 3.30. The molecule has 4 heterocycles. The van der Waals surface area contributed by atoms with E-state index in [1.54, 1.807) is 19.9 Å². The molecule has 33 heavy (non-hydrogen) atoms. The zero-order valence-corrected chi connectivity index (χ0v) is 18.5. The number of aliphatic hydroxyl groups is 1. The highest BCUT2D eigenvalue weighted by molar-refractivity contribution is 6.05. The number of nitrogens with two attached hydrogens (primary N) is 1. The number of nitrogens with one attached hydrogen (secondary N) is 1.